The van der Waals surface area contributed by atoms with Gasteiger partial charge in [0.25, 0.3) is 5.69 Å². The van der Waals surface area contributed by atoms with E-state index < -0.39 is 0 Å². The molecule has 3 nitrogen and oxygen atoms in total. The molecule has 0 saturated carbocycles. The fourth-order valence-electron chi connectivity index (χ4n) is 0.872. The van der Waals surface area contributed by atoms with Gasteiger partial charge in [-0.25, -0.2) is 0 Å². The van der Waals surface area contributed by atoms with Gasteiger partial charge in [0, 0.05) is 6.07 Å². The van der Waals surface area contributed by atoms with Crippen LogP contribution in [0.25, 0.3) is 0 Å². The minimum absolute atomic E-state index is 0.0766. The summed E-state index contributed by atoms with van der Waals surface area (Å²) in [6.45, 7) is 0. The first kappa shape index (κ1) is 9.42. The second-order valence-corrected chi connectivity index (χ2v) is 2.78. The van der Waals surface area contributed by atoms with Gasteiger partial charge in [-0.15, -0.1) is 11.6 Å². The lowest BCUT2D eigenvalue weighted by molar-refractivity contribution is -0.613. The normalized spacial score (nSPS) is 9.92. The van der Waals surface area contributed by atoms with Crippen LogP contribution in [0.3, 0.4) is 0 Å². The molecule has 0 amide bonds. The first-order chi connectivity index (χ1) is 5.70. The Kier molecular flexibility index (Phi) is 3.00. The zero-order valence-electron chi connectivity index (χ0n) is 6.38. The minimum atomic E-state index is 0.0766. The second-order valence-electron chi connectivity index (χ2n) is 2.10. The Bertz CT molecular complexity index is 262. The highest BCUT2D eigenvalue weighted by atomic mass is 35.5. The molecule has 0 bridgehead atoms. The van der Waals surface area contributed by atoms with Gasteiger partial charge in [0.05, 0.1) is 12.1 Å². The van der Waals surface area contributed by atoms with Gasteiger partial charge in [-0.05, 0) is 0 Å². The van der Waals surface area contributed by atoms with Crippen LogP contribution in [0.1, 0.15) is 5.69 Å². The van der Waals surface area contributed by atoms with E-state index in [1.807, 2.05) is 0 Å². The number of rotatable bonds is 2. The number of halogens is 2. The minimum Gasteiger partial charge on any atom is -0.618 e. The van der Waals surface area contributed by atoms with E-state index in [0.29, 0.717) is 21.2 Å². The summed E-state index contributed by atoms with van der Waals surface area (Å²) in [7, 11) is 1.44. The molecule has 0 aromatic carbocycles. The van der Waals surface area contributed by atoms with E-state index in [1.165, 1.54) is 19.4 Å². The Morgan fingerprint density at radius 3 is 2.75 bits per heavy atom. The van der Waals surface area contributed by atoms with Gasteiger partial charge >= 0.3 is 0 Å². The van der Waals surface area contributed by atoms with Crippen molar-refractivity contribution in [1.29, 1.82) is 0 Å². The lowest BCUT2D eigenvalue weighted by Crippen LogP contribution is -2.31. The number of nitrogens with zero attached hydrogens (tertiary/aromatic N) is 1. The van der Waals surface area contributed by atoms with Crippen LogP contribution >= 0.6 is 23.2 Å². The molecule has 1 aromatic rings. The Morgan fingerprint density at radius 2 is 2.33 bits per heavy atom. The van der Waals surface area contributed by atoms with E-state index in [2.05, 4.69) is 0 Å². The Labute approximate surface area is 80.1 Å². The third-order valence-electron chi connectivity index (χ3n) is 1.43. The van der Waals surface area contributed by atoms with Crippen LogP contribution in [0.2, 0.25) is 5.02 Å². The number of pyridine rings is 1. The first-order valence-electron chi connectivity index (χ1n) is 3.21. The zero-order chi connectivity index (χ0) is 9.14. The Morgan fingerprint density at radius 1 is 1.67 bits per heavy atom. The number of hydrogen-bond acceptors (Lipinski definition) is 2. The van der Waals surface area contributed by atoms with Crippen LogP contribution in [-0.2, 0) is 5.88 Å². The highest BCUT2D eigenvalue weighted by Crippen LogP contribution is 2.26. The van der Waals surface area contributed by atoms with E-state index in [1.54, 1.807) is 0 Å². The van der Waals surface area contributed by atoms with Gasteiger partial charge in [0.2, 0.25) is 5.75 Å². The molecule has 0 aliphatic heterocycles. The summed E-state index contributed by atoms with van der Waals surface area (Å²) in [6.07, 6.45) is 1.29. The maximum absolute atomic E-state index is 11.1. The lowest BCUT2D eigenvalue weighted by Gasteiger charge is -2.07. The standard InChI is InChI=1S/C7H7Cl2NO2/c1-12-7-5(9)2-3-10(11)6(7)4-8/h2-3H,4H2,1H3. The maximum atomic E-state index is 11.1. The summed E-state index contributed by atoms with van der Waals surface area (Å²) in [5.74, 6) is 0.414. The molecule has 1 aromatic heterocycles. The Hall–Kier alpha value is -0.670. The summed E-state index contributed by atoms with van der Waals surface area (Å²) in [6, 6.07) is 1.46. The largest absolute Gasteiger partial charge is 0.618 e. The summed E-state index contributed by atoms with van der Waals surface area (Å²) in [4.78, 5) is 0. The second kappa shape index (κ2) is 3.83. The van der Waals surface area contributed by atoms with Crippen molar-refractivity contribution in [3.8, 4) is 5.75 Å². The van der Waals surface area contributed by atoms with Crippen LogP contribution in [0, 0.1) is 5.21 Å². The average molecular weight is 208 g/mol. The maximum Gasteiger partial charge on any atom is 0.251 e. The van der Waals surface area contributed by atoms with E-state index in [-0.39, 0.29) is 5.88 Å². The molecule has 1 heterocycles. The number of alkyl halides is 1. The third-order valence-corrected chi connectivity index (χ3v) is 1.98. The number of methoxy groups -OCH3 is 1. The molecule has 66 valence electrons. The van der Waals surface area contributed by atoms with E-state index >= 15 is 0 Å². The van der Waals surface area contributed by atoms with E-state index in [0.717, 1.165) is 0 Å². The monoisotopic (exact) mass is 207 g/mol. The third kappa shape index (κ3) is 1.57. The molecular weight excluding hydrogens is 201 g/mol. The van der Waals surface area contributed by atoms with Crippen molar-refractivity contribution in [2.75, 3.05) is 7.11 Å². The van der Waals surface area contributed by atoms with E-state index in [4.69, 9.17) is 27.9 Å². The predicted octanol–water partition coefficient (Wildman–Crippen LogP) is 1.72. The molecular formula is C7H7Cl2NO2. The van der Waals surface area contributed by atoms with Gasteiger partial charge < -0.3 is 9.94 Å². The summed E-state index contributed by atoms with van der Waals surface area (Å²) < 4.78 is 5.55. The van der Waals surface area contributed by atoms with Crippen molar-refractivity contribution in [3.63, 3.8) is 0 Å². The molecule has 1 rings (SSSR count). The van der Waals surface area contributed by atoms with Crippen LogP contribution in [0.15, 0.2) is 12.3 Å². The molecule has 0 unspecified atom stereocenters. The topological polar surface area (TPSA) is 36.2 Å². The van der Waals surface area contributed by atoms with Gasteiger partial charge in [-0.3, -0.25) is 0 Å². The molecule has 0 fully saturated rings. The van der Waals surface area contributed by atoms with Crippen molar-refractivity contribution in [3.05, 3.63) is 28.2 Å². The van der Waals surface area contributed by atoms with Gasteiger partial charge in [0.15, 0.2) is 6.20 Å². The summed E-state index contributed by atoms with van der Waals surface area (Å²) >= 11 is 11.3. The molecule has 0 atom stereocenters. The molecule has 0 aliphatic rings. The highest BCUT2D eigenvalue weighted by molar-refractivity contribution is 6.32. The van der Waals surface area contributed by atoms with Crippen molar-refractivity contribution in [2.45, 2.75) is 5.88 Å². The predicted molar refractivity (Wildman–Crippen MR) is 46.5 cm³/mol. The van der Waals surface area contributed by atoms with Crippen molar-refractivity contribution < 1.29 is 9.47 Å². The van der Waals surface area contributed by atoms with Crippen molar-refractivity contribution >= 4 is 23.2 Å². The van der Waals surface area contributed by atoms with Crippen LogP contribution in [0.4, 0.5) is 0 Å². The van der Waals surface area contributed by atoms with Crippen LogP contribution in [0.5, 0.6) is 5.75 Å². The van der Waals surface area contributed by atoms with Gasteiger partial charge in [0.1, 0.15) is 5.88 Å². The van der Waals surface area contributed by atoms with E-state index in [9.17, 15) is 5.21 Å². The van der Waals surface area contributed by atoms with Gasteiger partial charge in [-0.1, -0.05) is 11.6 Å². The molecule has 5 heteroatoms. The quantitative estimate of drug-likeness (QED) is 0.421. The molecule has 0 N–H and O–H groups in total. The molecule has 0 spiro atoms. The zero-order valence-corrected chi connectivity index (χ0v) is 7.89. The SMILES string of the molecule is COc1c(Cl)cc[n+]([O-])c1CCl. The average Bonchev–Trinajstić information content (AvgIpc) is 2.08. The smallest absolute Gasteiger partial charge is 0.251 e. The van der Waals surface area contributed by atoms with Gasteiger partial charge in [-0.2, -0.15) is 4.73 Å². The molecule has 0 saturated heterocycles. The Balaban J connectivity index is 3.28. The van der Waals surface area contributed by atoms with Crippen molar-refractivity contribution in [2.24, 2.45) is 0 Å². The van der Waals surface area contributed by atoms with Crippen molar-refractivity contribution in [1.82, 2.24) is 0 Å². The summed E-state index contributed by atoms with van der Waals surface area (Å²) in [5, 5.41) is 11.5. The lowest BCUT2D eigenvalue weighted by atomic mass is 10.3. The molecule has 0 radical (unpaired) electrons. The first-order valence-corrected chi connectivity index (χ1v) is 4.12. The number of ether oxygens (including phenoxy) is 1. The summed E-state index contributed by atoms with van der Waals surface area (Å²) in [5.41, 5.74) is 0.326. The number of hydrogen-bond donors (Lipinski definition) is 0. The molecule has 12 heavy (non-hydrogen) atoms. The van der Waals surface area contributed by atoms with Crippen LogP contribution in [-0.4, -0.2) is 7.11 Å². The van der Waals surface area contributed by atoms with Crippen LogP contribution < -0.4 is 9.47 Å². The fourth-order valence-corrected chi connectivity index (χ4v) is 1.35. The molecule has 0 aliphatic carbocycles. The number of aromatic nitrogens is 1. The fraction of sp³-hybridized carbons (Fsp3) is 0.286. The highest BCUT2D eigenvalue weighted by Gasteiger charge is 2.15.